The number of para-hydroxylation sites is 5. The third-order valence-electron chi connectivity index (χ3n) is 11.5. The summed E-state index contributed by atoms with van der Waals surface area (Å²) in [6.45, 7) is 0. The zero-order chi connectivity index (χ0) is 37.1. The molecule has 0 amide bonds. The van der Waals surface area contributed by atoms with Gasteiger partial charge in [0.05, 0.1) is 5.41 Å². The Bertz CT molecular complexity index is 2810. The molecule has 0 bridgehead atoms. The molecular formula is C53H36N2O. The summed E-state index contributed by atoms with van der Waals surface area (Å²) in [6.07, 6.45) is 0. The Hall–Kier alpha value is -7.36. The summed E-state index contributed by atoms with van der Waals surface area (Å²) >= 11 is 0. The molecule has 3 heteroatoms. The van der Waals surface area contributed by atoms with Crippen LogP contribution in [0.1, 0.15) is 22.3 Å². The van der Waals surface area contributed by atoms with Crippen LogP contribution in [0.5, 0.6) is 11.5 Å². The van der Waals surface area contributed by atoms with E-state index in [0.29, 0.717) is 0 Å². The second-order valence-corrected chi connectivity index (χ2v) is 14.5. The van der Waals surface area contributed by atoms with E-state index >= 15 is 0 Å². The van der Waals surface area contributed by atoms with Gasteiger partial charge in [-0.25, -0.2) is 0 Å². The van der Waals surface area contributed by atoms with Crippen LogP contribution in [0.2, 0.25) is 0 Å². The molecule has 0 radical (unpaired) electrons. The predicted octanol–water partition coefficient (Wildman–Crippen LogP) is 14.2. The van der Waals surface area contributed by atoms with Gasteiger partial charge in [-0.05, 0) is 107 Å². The number of hydrogen-bond acceptors (Lipinski definition) is 3. The van der Waals surface area contributed by atoms with Gasteiger partial charge in [0.1, 0.15) is 11.5 Å². The lowest BCUT2D eigenvalue weighted by molar-refractivity contribution is 0.441. The zero-order valence-corrected chi connectivity index (χ0v) is 30.6. The molecule has 0 aromatic heterocycles. The van der Waals surface area contributed by atoms with Gasteiger partial charge in [-0.3, -0.25) is 0 Å². The number of rotatable bonds is 6. The monoisotopic (exact) mass is 716 g/mol. The number of ether oxygens (including phenoxy) is 1. The Morgan fingerprint density at radius 3 is 1.45 bits per heavy atom. The third-order valence-corrected chi connectivity index (χ3v) is 11.5. The highest BCUT2D eigenvalue weighted by atomic mass is 16.5. The Morgan fingerprint density at radius 2 is 0.821 bits per heavy atom. The highest BCUT2D eigenvalue weighted by molar-refractivity contribution is 5.97. The van der Waals surface area contributed by atoms with Gasteiger partial charge in [0.15, 0.2) is 0 Å². The summed E-state index contributed by atoms with van der Waals surface area (Å²) in [4.78, 5) is 4.71. The molecule has 2 aliphatic rings. The molecule has 1 heterocycles. The van der Waals surface area contributed by atoms with Crippen LogP contribution in [0.25, 0.3) is 21.9 Å². The summed E-state index contributed by atoms with van der Waals surface area (Å²) in [5.74, 6) is 1.79. The Kier molecular flexibility index (Phi) is 7.39. The molecule has 1 atom stereocenters. The normalized spacial score (nSPS) is 14.6. The maximum absolute atomic E-state index is 6.98. The summed E-state index contributed by atoms with van der Waals surface area (Å²) in [7, 11) is 0. The maximum atomic E-state index is 6.98. The van der Waals surface area contributed by atoms with Crippen molar-refractivity contribution in [1.82, 2.24) is 0 Å². The molecule has 1 aliphatic carbocycles. The molecule has 264 valence electrons. The van der Waals surface area contributed by atoms with E-state index in [1.807, 2.05) is 0 Å². The average molecular weight is 717 g/mol. The first-order chi connectivity index (χ1) is 27.8. The molecular weight excluding hydrogens is 681 g/mol. The molecule has 9 aromatic rings. The molecule has 0 saturated carbocycles. The second-order valence-electron chi connectivity index (χ2n) is 14.5. The Morgan fingerprint density at radius 1 is 0.321 bits per heavy atom. The molecule has 9 aromatic carbocycles. The van der Waals surface area contributed by atoms with Crippen molar-refractivity contribution in [2.24, 2.45) is 0 Å². The standard InChI is InChI=1S/C53H36N2O/c1-5-18-38(19-6-1)54(39-20-7-2-8-21-39)42-31-34-47-46(35-42)45-32-30-43(55(40-22-9-3-10-23-40)41-24-11-4-12-25-41)36-50(45)53(47)48-27-15-16-28-51(48)56-52-44-26-14-13-17-37(44)29-33-49(52)53/h1-36H. The lowest BCUT2D eigenvalue weighted by Gasteiger charge is -2.40. The second kappa shape index (κ2) is 12.9. The number of fused-ring (bicyclic) bond motifs is 11. The van der Waals surface area contributed by atoms with Crippen LogP contribution < -0.4 is 14.5 Å². The summed E-state index contributed by atoms with van der Waals surface area (Å²) in [5.41, 5.74) is 13.1. The largest absolute Gasteiger partial charge is 0.456 e. The Balaban J connectivity index is 1.23. The topological polar surface area (TPSA) is 15.7 Å². The average Bonchev–Trinajstić information content (AvgIpc) is 3.54. The van der Waals surface area contributed by atoms with Crippen molar-refractivity contribution < 1.29 is 4.74 Å². The van der Waals surface area contributed by atoms with E-state index in [0.717, 1.165) is 67.5 Å². The molecule has 56 heavy (non-hydrogen) atoms. The van der Waals surface area contributed by atoms with Crippen molar-refractivity contribution in [1.29, 1.82) is 0 Å². The van der Waals surface area contributed by atoms with E-state index in [9.17, 15) is 0 Å². The quantitative estimate of drug-likeness (QED) is 0.170. The summed E-state index contributed by atoms with van der Waals surface area (Å²) < 4.78 is 6.98. The van der Waals surface area contributed by atoms with Crippen LogP contribution in [0.15, 0.2) is 218 Å². The van der Waals surface area contributed by atoms with Crippen molar-refractivity contribution in [3.63, 3.8) is 0 Å². The molecule has 1 spiro atoms. The first-order valence-corrected chi connectivity index (χ1v) is 19.2. The zero-order valence-electron chi connectivity index (χ0n) is 30.6. The van der Waals surface area contributed by atoms with Crippen LogP contribution in [0, 0.1) is 0 Å². The van der Waals surface area contributed by atoms with Crippen LogP contribution in [0.3, 0.4) is 0 Å². The van der Waals surface area contributed by atoms with E-state index in [4.69, 9.17) is 4.74 Å². The highest BCUT2D eigenvalue weighted by Gasteiger charge is 2.52. The van der Waals surface area contributed by atoms with Gasteiger partial charge in [-0.1, -0.05) is 140 Å². The smallest absolute Gasteiger partial charge is 0.140 e. The SMILES string of the molecule is c1ccc(N(c2ccccc2)c2ccc3c(c2)-c2ccc(N(c4ccccc4)c4ccccc4)cc2C32c3ccccc3Oc3c2ccc2ccccc32)cc1. The fourth-order valence-electron chi connectivity index (χ4n) is 9.13. The summed E-state index contributed by atoms with van der Waals surface area (Å²) in [6, 6.07) is 78.5. The van der Waals surface area contributed by atoms with E-state index in [-0.39, 0.29) is 0 Å². The molecule has 0 saturated heterocycles. The first kappa shape index (κ1) is 32.1. The van der Waals surface area contributed by atoms with Crippen molar-refractivity contribution >= 4 is 44.9 Å². The molecule has 0 N–H and O–H groups in total. The van der Waals surface area contributed by atoms with Crippen molar-refractivity contribution in [3.8, 4) is 22.6 Å². The van der Waals surface area contributed by atoms with Gasteiger partial charge in [-0.15, -0.1) is 0 Å². The van der Waals surface area contributed by atoms with Gasteiger partial charge >= 0.3 is 0 Å². The van der Waals surface area contributed by atoms with E-state index in [1.54, 1.807) is 0 Å². The maximum Gasteiger partial charge on any atom is 0.140 e. The van der Waals surface area contributed by atoms with E-state index < -0.39 is 5.41 Å². The lowest BCUT2D eigenvalue weighted by Crippen LogP contribution is -2.32. The van der Waals surface area contributed by atoms with Crippen molar-refractivity contribution in [2.45, 2.75) is 5.41 Å². The lowest BCUT2D eigenvalue weighted by atomic mass is 9.65. The van der Waals surface area contributed by atoms with Gasteiger partial charge in [0.2, 0.25) is 0 Å². The van der Waals surface area contributed by atoms with Crippen molar-refractivity contribution in [3.05, 3.63) is 241 Å². The van der Waals surface area contributed by atoms with Crippen molar-refractivity contribution in [2.75, 3.05) is 9.80 Å². The van der Waals surface area contributed by atoms with Crippen LogP contribution in [-0.4, -0.2) is 0 Å². The number of anilines is 6. The molecule has 3 nitrogen and oxygen atoms in total. The number of benzene rings is 9. The summed E-state index contributed by atoms with van der Waals surface area (Å²) in [5, 5.41) is 2.26. The number of nitrogens with zero attached hydrogens (tertiary/aromatic N) is 2. The fraction of sp³-hybridized carbons (Fsp3) is 0.0189. The van der Waals surface area contributed by atoms with Crippen LogP contribution in [-0.2, 0) is 5.41 Å². The minimum Gasteiger partial charge on any atom is -0.456 e. The van der Waals surface area contributed by atoms with E-state index in [1.165, 1.54) is 22.3 Å². The molecule has 1 unspecified atom stereocenters. The van der Waals surface area contributed by atoms with E-state index in [2.05, 4.69) is 228 Å². The van der Waals surface area contributed by atoms with Gasteiger partial charge in [0, 0.05) is 50.6 Å². The van der Waals surface area contributed by atoms with Crippen LogP contribution >= 0.6 is 0 Å². The molecule has 1 aliphatic heterocycles. The molecule has 0 fully saturated rings. The molecule has 11 rings (SSSR count). The predicted molar refractivity (Wildman–Crippen MR) is 231 cm³/mol. The first-order valence-electron chi connectivity index (χ1n) is 19.2. The fourth-order valence-corrected chi connectivity index (χ4v) is 9.13. The van der Waals surface area contributed by atoms with Gasteiger partial charge in [-0.2, -0.15) is 0 Å². The number of hydrogen-bond donors (Lipinski definition) is 0. The third kappa shape index (κ3) is 4.84. The minimum atomic E-state index is -0.656. The Labute approximate surface area is 326 Å². The van der Waals surface area contributed by atoms with Crippen LogP contribution in [0.4, 0.5) is 34.1 Å². The van der Waals surface area contributed by atoms with Gasteiger partial charge in [0.25, 0.3) is 0 Å². The minimum absolute atomic E-state index is 0.656. The highest BCUT2D eigenvalue weighted by Crippen LogP contribution is 2.64. The van der Waals surface area contributed by atoms with Gasteiger partial charge < -0.3 is 14.5 Å².